The third kappa shape index (κ3) is 4.43. The summed E-state index contributed by atoms with van der Waals surface area (Å²) in [5, 5.41) is 0. The number of amides is 1. The number of ether oxygens (including phenoxy) is 1. The molecule has 31 heavy (non-hydrogen) atoms. The summed E-state index contributed by atoms with van der Waals surface area (Å²) < 4.78 is 35.1. The fraction of sp³-hybridized carbons (Fsp3) is 0.500. The lowest BCUT2D eigenvalue weighted by Gasteiger charge is -2.32. The van der Waals surface area contributed by atoms with Gasteiger partial charge in [-0.25, -0.2) is 18.4 Å². The maximum absolute atomic E-state index is 13.6. The number of carbonyl (C=O) groups excluding carboxylic acids is 1. The Balaban J connectivity index is 1.65. The molecule has 2 aliphatic heterocycles. The molecule has 0 bridgehead atoms. The van der Waals surface area contributed by atoms with E-state index in [4.69, 9.17) is 4.74 Å². The maximum Gasteiger partial charge on any atom is 0.272 e. The van der Waals surface area contributed by atoms with Gasteiger partial charge in [-0.05, 0) is 37.0 Å². The van der Waals surface area contributed by atoms with Gasteiger partial charge < -0.3 is 9.64 Å². The van der Waals surface area contributed by atoms with Crippen molar-refractivity contribution in [2.75, 3.05) is 19.6 Å². The van der Waals surface area contributed by atoms with Gasteiger partial charge in [-0.2, -0.15) is 4.31 Å². The number of para-hydroxylation sites is 1. The van der Waals surface area contributed by atoms with Crippen LogP contribution in [0.5, 0.6) is 5.75 Å². The molecule has 0 spiro atoms. The molecule has 0 radical (unpaired) electrons. The Morgan fingerprint density at radius 1 is 1.19 bits per heavy atom. The third-order valence-corrected chi connectivity index (χ3v) is 7.87. The van der Waals surface area contributed by atoms with Crippen LogP contribution in [0.15, 0.2) is 47.8 Å². The zero-order valence-corrected chi connectivity index (χ0v) is 18.7. The van der Waals surface area contributed by atoms with Gasteiger partial charge in [0.2, 0.25) is 10.0 Å². The number of likely N-dealkylation sites (tertiary alicyclic amines) is 1. The van der Waals surface area contributed by atoms with Crippen LogP contribution in [0.2, 0.25) is 0 Å². The highest BCUT2D eigenvalue weighted by molar-refractivity contribution is 7.89. The van der Waals surface area contributed by atoms with Crippen molar-refractivity contribution in [3.8, 4) is 5.75 Å². The minimum atomic E-state index is -3.71. The topological polar surface area (TPSA) is 92.7 Å². The van der Waals surface area contributed by atoms with Gasteiger partial charge in [0, 0.05) is 32.3 Å². The van der Waals surface area contributed by atoms with E-state index in [1.54, 1.807) is 45.7 Å². The molecular formula is C22H28N4O4S. The van der Waals surface area contributed by atoms with Gasteiger partial charge in [0.05, 0.1) is 6.04 Å². The van der Waals surface area contributed by atoms with Gasteiger partial charge in [0.1, 0.15) is 28.8 Å². The van der Waals surface area contributed by atoms with Crippen LogP contribution in [0.3, 0.4) is 0 Å². The first-order valence-electron chi connectivity index (χ1n) is 10.7. The SMILES string of the molecule is CC(C)CCN1[C@H]2CCN(C(=O)c3ccncn3)CC[C@@H]2Oc2ccccc2S1(=O)=O. The number of hydrogen-bond donors (Lipinski definition) is 0. The van der Waals surface area contributed by atoms with Crippen LogP contribution in [0.1, 0.15) is 43.6 Å². The highest BCUT2D eigenvalue weighted by Gasteiger charge is 2.43. The van der Waals surface area contributed by atoms with Crippen LogP contribution in [-0.4, -0.2) is 65.3 Å². The monoisotopic (exact) mass is 444 g/mol. The van der Waals surface area contributed by atoms with E-state index in [1.807, 2.05) is 0 Å². The van der Waals surface area contributed by atoms with Crippen LogP contribution in [0.4, 0.5) is 0 Å². The van der Waals surface area contributed by atoms with Crippen molar-refractivity contribution in [3.63, 3.8) is 0 Å². The highest BCUT2D eigenvalue weighted by Crippen LogP contribution is 2.36. The Morgan fingerprint density at radius 2 is 1.97 bits per heavy atom. The molecule has 3 heterocycles. The van der Waals surface area contributed by atoms with Gasteiger partial charge in [0.15, 0.2) is 0 Å². The Labute approximate surface area is 183 Å². The predicted molar refractivity (Wildman–Crippen MR) is 115 cm³/mol. The zero-order valence-electron chi connectivity index (χ0n) is 17.8. The van der Waals surface area contributed by atoms with E-state index in [2.05, 4.69) is 23.8 Å². The quantitative estimate of drug-likeness (QED) is 0.720. The molecule has 0 aliphatic carbocycles. The van der Waals surface area contributed by atoms with Gasteiger partial charge in [-0.1, -0.05) is 26.0 Å². The lowest BCUT2D eigenvalue weighted by atomic mass is 10.0. The Hall–Kier alpha value is -2.52. The number of hydrogen-bond acceptors (Lipinski definition) is 6. The Kier molecular flexibility index (Phi) is 6.24. The summed E-state index contributed by atoms with van der Waals surface area (Å²) in [5.74, 6) is 0.589. The highest BCUT2D eigenvalue weighted by atomic mass is 32.2. The summed E-state index contributed by atoms with van der Waals surface area (Å²) >= 11 is 0. The van der Waals surface area contributed by atoms with Gasteiger partial charge >= 0.3 is 0 Å². The molecule has 2 atom stereocenters. The lowest BCUT2D eigenvalue weighted by molar-refractivity contribution is 0.0749. The second-order valence-electron chi connectivity index (χ2n) is 8.43. The molecule has 1 fully saturated rings. The van der Waals surface area contributed by atoms with Gasteiger partial charge in [0.25, 0.3) is 5.91 Å². The maximum atomic E-state index is 13.6. The normalized spacial score (nSPS) is 23.3. The van der Waals surface area contributed by atoms with Crippen molar-refractivity contribution in [3.05, 3.63) is 48.5 Å². The molecule has 1 amide bonds. The number of aromatic nitrogens is 2. The molecule has 8 nitrogen and oxygen atoms in total. The van der Waals surface area contributed by atoms with E-state index in [0.29, 0.717) is 49.8 Å². The zero-order chi connectivity index (χ0) is 22.0. The molecule has 9 heteroatoms. The first-order valence-corrected chi connectivity index (χ1v) is 12.1. The van der Waals surface area contributed by atoms with Gasteiger partial charge in [-0.3, -0.25) is 4.79 Å². The number of rotatable bonds is 4. The fourth-order valence-electron chi connectivity index (χ4n) is 4.21. The summed E-state index contributed by atoms with van der Waals surface area (Å²) in [5.41, 5.74) is 0.340. The predicted octanol–water partition coefficient (Wildman–Crippen LogP) is 2.58. The molecule has 2 aliphatic rings. The molecule has 0 N–H and O–H groups in total. The summed E-state index contributed by atoms with van der Waals surface area (Å²) in [4.78, 5) is 22.8. The summed E-state index contributed by atoms with van der Waals surface area (Å²) in [6.45, 7) is 5.52. The van der Waals surface area contributed by atoms with Crippen molar-refractivity contribution in [1.82, 2.24) is 19.2 Å². The summed E-state index contributed by atoms with van der Waals surface area (Å²) in [7, 11) is -3.71. The summed E-state index contributed by atoms with van der Waals surface area (Å²) in [6.07, 6.45) is 4.39. The standard InChI is InChI=1S/C22H28N4O4S/c1-16(2)8-14-26-18-9-12-25(22(27)17-7-11-23-15-24-17)13-10-19(18)30-20-5-3-4-6-21(20)31(26,28)29/h3-7,11,15-16,18-19H,8-10,12-14H2,1-2H3/t18-,19-/m0/s1. The van der Waals surface area contributed by atoms with Crippen LogP contribution >= 0.6 is 0 Å². The van der Waals surface area contributed by atoms with Gasteiger partial charge in [-0.15, -0.1) is 0 Å². The molecule has 0 saturated carbocycles. The third-order valence-electron chi connectivity index (χ3n) is 5.91. The minimum absolute atomic E-state index is 0.171. The number of nitrogens with zero attached hydrogens (tertiary/aromatic N) is 4. The minimum Gasteiger partial charge on any atom is -0.487 e. The second-order valence-corrected chi connectivity index (χ2v) is 10.3. The van der Waals surface area contributed by atoms with Crippen LogP contribution in [-0.2, 0) is 10.0 Å². The van der Waals surface area contributed by atoms with Crippen molar-refractivity contribution >= 4 is 15.9 Å². The Bertz CT molecular complexity index is 1030. The molecule has 166 valence electrons. The van der Waals surface area contributed by atoms with E-state index in [0.717, 1.165) is 6.42 Å². The van der Waals surface area contributed by atoms with Crippen LogP contribution < -0.4 is 4.74 Å². The largest absolute Gasteiger partial charge is 0.487 e. The van der Waals surface area contributed by atoms with E-state index >= 15 is 0 Å². The second kappa shape index (κ2) is 8.92. The van der Waals surface area contributed by atoms with E-state index < -0.39 is 10.0 Å². The van der Waals surface area contributed by atoms with E-state index in [-0.39, 0.29) is 22.9 Å². The average Bonchev–Trinajstić information content (AvgIpc) is 3.01. The first-order chi connectivity index (χ1) is 14.9. The molecule has 1 saturated heterocycles. The number of sulfonamides is 1. The molecule has 2 aromatic rings. The van der Waals surface area contributed by atoms with Crippen LogP contribution in [0, 0.1) is 5.92 Å². The number of carbonyl (C=O) groups is 1. The Morgan fingerprint density at radius 3 is 2.71 bits per heavy atom. The van der Waals surface area contributed by atoms with E-state index in [9.17, 15) is 13.2 Å². The first kappa shape index (κ1) is 21.7. The lowest BCUT2D eigenvalue weighted by Crippen LogP contribution is -2.47. The number of fused-ring (bicyclic) bond motifs is 2. The van der Waals surface area contributed by atoms with Crippen molar-refractivity contribution in [1.29, 1.82) is 0 Å². The molecule has 1 aromatic heterocycles. The van der Waals surface area contributed by atoms with Crippen molar-refractivity contribution in [2.24, 2.45) is 5.92 Å². The van der Waals surface area contributed by atoms with E-state index in [1.165, 1.54) is 6.33 Å². The smallest absolute Gasteiger partial charge is 0.272 e. The molecular weight excluding hydrogens is 416 g/mol. The molecule has 0 unspecified atom stereocenters. The number of benzene rings is 1. The molecule has 1 aromatic carbocycles. The fourth-order valence-corrected chi connectivity index (χ4v) is 6.03. The molecule has 4 rings (SSSR count). The van der Waals surface area contributed by atoms with Crippen molar-refractivity contribution < 1.29 is 17.9 Å². The average molecular weight is 445 g/mol. The van der Waals surface area contributed by atoms with Crippen LogP contribution in [0.25, 0.3) is 0 Å². The summed E-state index contributed by atoms with van der Waals surface area (Å²) in [6, 6.07) is 8.10. The van der Waals surface area contributed by atoms with Crippen molar-refractivity contribution in [2.45, 2.75) is 50.2 Å².